The highest BCUT2D eigenvalue weighted by atomic mass is 16.5. The van der Waals surface area contributed by atoms with Crippen LogP contribution in [0, 0.1) is 0 Å². The molecule has 2 aromatic rings. The number of nitrogens with zero attached hydrogens (tertiary/aromatic N) is 3. The van der Waals surface area contributed by atoms with Crippen LogP contribution in [0.4, 0.5) is 5.95 Å². The molecule has 3 rings (SSSR count). The Labute approximate surface area is 141 Å². The van der Waals surface area contributed by atoms with Gasteiger partial charge in [0.2, 0.25) is 5.95 Å². The number of carbonyl (C=O) groups is 1. The second-order valence-corrected chi connectivity index (χ2v) is 5.81. The number of nitrogens with one attached hydrogen (secondary N) is 1. The van der Waals surface area contributed by atoms with Crippen LogP contribution in [0.5, 0.6) is 5.75 Å². The van der Waals surface area contributed by atoms with Crippen molar-refractivity contribution < 1.29 is 9.53 Å². The van der Waals surface area contributed by atoms with Gasteiger partial charge >= 0.3 is 0 Å². The van der Waals surface area contributed by atoms with Crippen molar-refractivity contribution in [2.24, 2.45) is 0 Å². The number of benzene rings is 1. The summed E-state index contributed by atoms with van der Waals surface area (Å²) in [5, 5.41) is 2.89. The van der Waals surface area contributed by atoms with E-state index in [2.05, 4.69) is 20.2 Å². The van der Waals surface area contributed by atoms with Crippen molar-refractivity contribution in [3.8, 4) is 5.75 Å². The molecule has 1 aromatic heterocycles. The number of anilines is 1. The number of rotatable bonds is 5. The Kier molecular flexibility index (Phi) is 5.25. The third kappa shape index (κ3) is 4.01. The van der Waals surface area contributed by atoms with Crippen molar-refractivity contribution in [1.82, 2.24) is 15.3 Å². The number of hydrogen-bond acceptors (Lipinski definition) is 5. The summed E-state index contributed by atoms with van der Waals surface area (Å²) in [7, 11) is 1.60. The van der Waals surface area contributed by atoms with Gasteiger partial charge in [0.1, 0.15) is 5.75 Å². The van der Waals surface area contributed by atoms with Crippen LogP contribution in [0.1, 0.15) is 35.3 Å². The van der Waals surface area contributed by atoms with Gasteiger partial charge in [-0.25, -0.2) is 9.97 Å². The third-order valence-corrected chi connectivity index (χ3v) is 4.12. The molecule has 0 unspecified atom stereocenters. The number of amides is 1. The van der Waals surface area contributed by atoms with Gasteiger partial charge in [0, 0.05) is 24.8 Å². The number of carbonyl (C=O) groups excluding carboxylic acids is 1. The van der Waals surface area contributed by atoms with E-state index in [9.17, 15) is 4.79 Å². The normalized spacial score (nSPS) is 14.3. The SMILES string of the molecule is COc1ccc(C(=O)NCc2ccnc(N3CCCCC3)n2)cc1. The van der Waals surface area contributed by atoms with Crippen LogP contribution in [0.15, 0.2) is 36.5 Å². The highest BCUT2D eigenvalue weighted by molar-refractivity contribution is 5.94. The summed E-state index contributed by atoms with van der Waals surface area (Å²) in [6.07, 6.45) is 5.39. The molecule has 0 aliphatic carbocycles. The Hall–Kier alpha value is -2.63. The lowest BCUT2D eigenvalue weighted by atomic mass is 10.1. The molecule has 0 atom stereocenters. The van der Waals surface area contributed by atoms with E-state index in [1.807, 2.05) is 6.07 Å². The molecule has 1 N–H and O–H groups in total. The minimum Gasteiger partial charge on any atom is -0.497 e. The van der Waals surface area contributed by atoms with Crippen molar-refractivity contribution in [2.75, 3.05) is 25.1 Å². The number of hydrogen-bond donors (Lipinski definition) is 1. The van der Waals surface area contributed by atoms with Crippen molar-refractivity contribution in [3.05, 3.63) is 47.8 Å². The second kappa shape index (κ2) is 7.77. The Bertz CT molecular complexity index is 682. The van der Waals surface area contributed by atoms with E-state index in [-0.39, 0.29) is 5.91 Å². The molecule has 6 heteroatoms. The van der Waals surface area contributed by atoms with Crippen molar-refractivity contribution in [3.63, 3.8) is 0 Å². The molecule has 0 bridgehead atoms. The molecular formula is C18H22N4O2. The molecule has 0 radical (unpaired) electrons. The fourth-order valence-corrected chi connectivity index (χ4v) is 2.74. The van der Waals surface area contributed by atoms with E-state index < -0.39 is 0 Å². The number of methoxy groups -OCH3 is 1. The van der Waals surface area contributed by atoms with Gasteiger partial charge in [-0.15, -0.1) is 0 Å². The summed E-state index contributed by atoms with van der Waals surface area (Å²) < 4.78 is 5.10. The number of aromatic nitrogens is 2. The van der Waals surface area contributed by atoms with E-state index >= 15 is 0 Å². The molecule has 1 aliphatic heterocycles. The maximum atomic E-state index is 12.2. The van der Waals surface area contributed by atoms with Crippen LogP contribution in [0.2, 0.25) is 0 Å². The van der Waals surface area contributed by atoms with Gasteiger partial charge in [-0.05, 0) is 49.6 Å². The van der Waals surface area contributed by atoms with Gasteiger partial charge in [-0.3, -0.25) is 4.79 Å². The summed E-state index contributed by atoms with van der Waals surface area (Å²) in [4.78, 5) is 23.3. The standard InChI is InChI=1S/C18H22N4O2/c1-24-16-7-5-14(6-8-16)17(23)20-13-15-9-10-19-18(21-15)22-11-3-2-4-12-22/h5-10H,2-4,11-13H2,1H3,(H,20,23). The Morgan fingerprint density at radius 2 is 1.92 bits per heavy atom. The van der Waals surface area contributed by atoms with Crippen LogP contribution in [-0.2, 0) is 6.54 Å². The molecule has 2 heterocycles. The van der Waals surface area contributed by atoms with Crippen molar-refractivity contribution in [1.29, 1.82) is 0 Å². The zero-order chi connectivity index (χ0) is 16.8. The quantitative estimate of drug-likeness (QED) is 0.914. The predicted octanol–water partition coefficient (Wildman–Crippen LogP) is 2.41. The fourth-order valence-electron chi connectivity index (χ4n) is 2.74. The largest absolute Gasteiger partial charge is 0.497 e. The van der Waals surface area contributed by atoms with E-state index in [1.54, 1.807) is 37.6 Å². The molecule has 6 nitrogen and oxygen atoms in total. The summed E-state index contributed by atoms with van der Waals surface area (Å²) >= 11 is 0. The second-order valence-electron chi connectivity index (χ2n) is 5.81. The zero-order valence-electron chi connectivity index (χ0n) is 13.9. The van der Waals surface area contributed by atoms with Gasteiger partial charge in [-0.2, -0.15) is 0 Å². The Balaban J connectivity index is 1.60. The van der Waals surface area contributed by atoms with Crippen LogP contribution in [0.3, 0.4) is 0 Å². The smallest absolute Gasteiger partial charge is 0.251 e. The Morgan fingerprint density at radius 3 is 2.62 bits per heavy atom. The lowest BCUT2D eigenvalue weighted by molar-refractivity contribution is 0.0950. The lowest BCUT2D eigenvalue weighted by Gasteiger charge is -2.26. The molecule has 24 heavy (non-hydrogen) atoms. The predicted molar refractivity (Wildman–Crippen MR) is 92.3 cm³/mol. The molecular weight excluding hydrogens is 304 g/mol. The first-order valence-electron chi connectivity index (χ1n) is 8.25. The van der Waals surface area contributed by atoms with Crippen LogP contribution >= 0.6 is 0 Å². The summed E-state index contributed by atoms with van der Waals surface area (Å²) in [6, 6.07) is 8.87. The Morgan fingerprint density at radius 1 is 1.17 bits per heavy atom. The molecule has 1 saturated heterocycles. The van der Waals surface area contributed by atoms with E-state index in [4.69, 9.17) is 4.74 Å². The van der Waals surface area contributed by atoms with Gasteiger partial charge in [0.15, 0.2) is 0 Å². The average molecular weight is 326 g/mol. The van der Waals surface area contributed by atoms with E-state index in [1.165, 1.54) is 19.3 Å². The van der Waals surface area contributed by atoms with Gasteiger partial charge in [-0.1, -0.05) is 0 Å². The minimum atomic E-state index is -0.129. The number of ether oxygens (including phenoxy) is 1. The maximum Gasteiger partial charge on any atom is 0.251 e. The fraction of sp³-hybridized carbons (Fsp3) is 0.389. The monoisotopic (exact) mass is 326 g/mol. The van der Waals surface area contributed by atoms with Gasteiger partial charge in [0.05, 0.1) is 19.3 Å². The van der Waals surface area contributed by atoms with E-state index in [0.717, 1.165) is 30.5 Å². The average Bonchev–Trinajstić information content (AvgIpc) is 2.67. The summed E-state index contributed by atoms with van der Waals surface area (Å²) in [5.74, 6) is 1.36. The van der Waals surface area contributed by atoms with Crippen LogP contribution < -0.4 is 15.0 Å². The number of piperidine rings is 1. The maximum absolute atomic E-state index is 12.2. The first kappa shape index (κ1) is 16.2. The molecule has 1 amide bonds. The van der Waals surface area contributed by atoms with Crippen molar-refractivity contribution >= 4 is 11.9 Å². The highest BCUT2D eigenvalue weighted by Gasteiger charge is 2.14. The van der Waals surface area contributed by atoms with Crippen LogP contribution in [-0.4, -0.2) is 36.1 Å². The van der Waals surface area contributed by atoms with Crippen LogP contribution in [0.25, 0.3) is 0 Å². The van der Waals surface area contributed by atoms with E-state index in [0.29, 0.717) is 12.1 Å². The molecule has 1 fully saturated rings. The molecule has 1 aromatic carbocycles. The van der Waals surface area contributed by atoms with Crippen molar-refractivity contribution in [2.45, 2.75) is 25.8 Å². The highest BCUT2D eigenvalue weighted by Crippen LogP contribution is 2.15. The topological polar surface area (TPSA) is 67.3 Å². The first-order valence-corrected chi connectivity index (χ1v) is 8.25. The third-order valence-electron chi connectivity index (χ3n) is 4.12. The molecule has 1 aliphatic rings. The molecule has 0 spiro atoms. The summed E-state index contributed by atoms with van der Waals surface area (Å²) in [6.45, 7) is 2.39. The lowest BCUT2D eigenvalue weighted by Crippen LogP contribution is -2.31. The minimum absolute atomic E-state index is 0.129. The molecule has 126 valence electrons. The summed E-state index contributed by atoms with van der Waals surface area (Å²) in [5.41, 5.74) is 1.41. The molecule has 0 saturated carbocycles. The first-order chi connectivity index (χ1) is 11.8. The van der Waals surface area contributed by atoms with Gasteiger partial charge < -0.3 is 15.0 Å². The zero-order valence-corrected chi connectivity index (χ0v) is 13.9. The van der Waals surface area contributed by atoms with Gasteiger partial charge in [0.25, 0.3) is 5.91 Å².